The van der Waals surface area contributed by atoms with Crippen LogP contribution in [0, 0.1) is 0 Å². The summed E-state index contributed by atoms with van der Waals surface area (Å²) in [4.78, 5) is 0. The number of hydrogen-bond donors (Lipinski definition) is 1. The minimum atomic E-state index is 0.410. The lowest BCUT2D eigenvalue weighted by atomic mass is 10.2. The van der Waals surface area contributed by atoms with Crippen LogP contribution in [0.5, 0.6) is 0 Å². The molecule has 2 heteroatoms. The van der Waals surface area contributed by atoms with Gasteiger partial charge in [-0.25, -0.2) is 0 Å². The van der Waals surface area contributed by atoms with E-state index in [0.29, 0.717) is 12.6 Å². The van der Waals surface area contributed by atoms with Gasteiger partial charge in [0.15, 0.2) is 0 Å². The van der Waals surface area contributed by atoms with E-state index in [1.165, 1.54) is 5.56 Å². The fraction of sp³-hybridized carbons (Fsp3) is 0.385. The smallest absolute Gasteiger partial charge is 0.113 e. The maximum atomic E-state index is 5.57. The van der Waals surface area contributed by atoms with E-state index in [1.54, 1.807) is 0 Å². The molecule has 0 aliphatic rings. The minimum absolute atomic E-state index is 0.410. The maximum Gasteiger partial charge on any atom is 0.113 e. The van der Waals surface area contributed by atoms with Crippen LogP contribution in [0.2, 0.25) is 0 Å². The molecule has 0 heterocycles. The van der Waals surface area contributed by atoms with Crippen LogP contribution in [-0.4, -0.2) is 13.1 Å². The van der Waals surface area contributed by atoms with Gasteiger partial charge in [-0.1, -0.05) is 36.9 Å². The summed E-state index contributed by atoms with van der Waals surface area (Å²) >= 11 is 0. The van der Waals surface area contributed by atoms with Crippen LogP contribution in [0.3, 0.4) is 0 Å². The Bertz CT molecular complexity index is 295. The van der Waals surface area contributed by atoms with Gasteiger partial charge in [-0.3, -0.25) is 0 Å². The highest BCUT2D eigenvalue weighted by Gasteiger charge is 2.02. The second-order valence-corrected chi connectivity index (χ2v) is 3.71. The fourth-order valence-corrected chi connectivity index (χ4v) is 1.26. The predicted molar refractivity (Wildman–Crippen MR) is 63.5 cm³/mol. The Morgan fingerprint density at radius 3 is 2.67 bits per heavy atom. The summed E-state index contributed by atoms with van der Waals surface area (Å²) < 4.78 is 5.57. The van der Waals surface area contributed by atoms with E-state index in [0.717, 1.165) is 12.2 Å². The molecule has 0 aliphatic carbocycles. The van der Waals surface area contributed by atoms with Crippen molar-refractivity contribution in [3.05, 3.63) is 48.2 Å². The van der Waals surface area contributed by atoms with Gasteiger partial charge in [0.1, 0.15) is 6.61 Å². The summed E-state index contributed by atoms with van der Waals surface area (Å²) in [6.07, 6.45) is 0.851. The van der Waals surface area contributed by atoms with Gasteiger partial charge >= 0.3 is 0 Å². The molecular formula is C13H19NO. The van der Waals surface area contributed by atoms with E-state index in [-0.39, 0.29) is 0 Å². The van der Waals surface area contributed by atoms with Crippen LogP contribution < -0.4 is 5.32 Å². The van der Waals surface area contributed by atoms with E-state index in [2.05, 4.69) is 31.0 Å². The number of benzene rings is 1. The molecule has 1 aromatic rings. The van der Waals surface area contributed by atoms with Crippen molar-refractivity contribution in [1.82, 2.24) is 5.32 Å². The largest absolute Gasteiger partial charge is 0.494 e. The molecule has 2 nitrogen and oxygen atoms in total. The molecule has 0 radical (unpaired) electrons. The normalized spacial score (nSPS) is 12.1. The number of ether oxygens (including phenoxy) is 1. The van der Waals surface area contributed by atoms with Gasteiger partial charge in [0.25, 0.3) is 0 Å². The lowest BCUT2D eigenvalue weighted by molar-refractivity contribution is 0.185. The molecule has 0 bridgehead atoms. The van der Waals surface area contributed by atoms with Crippen molar-refractivity contribution in [3.8, 4) is 0 Å². The lowest BCUT2D eigenvalue weighted by Crippen LogP contribution is -2.21. The highest BCUT2D eigenvalue weighted by molar-refractivity contribution is 5.13. The zero-order valence-electron chi connectivity index (χ0n) is 9.49. The van der Waals surface area contributed by atoms with Crippen molar-refractivity contribution in [2.24, 2.45) is 0 Å². The number of hydrogen-bond acceptors (Lipinski definition) is 2. The van der Waals surface area contributed by atoms with Crippen molar-refractivity contribution in [2.75, 3.05) is 7.05 Å². The summed E-state index contributed by atoms with van der Waals surface area (Å²) in [6.45, 7) is 6.61. The third-order valence-corrected chi connectivity index (χ3v) is 2.31. The first kappa shape index (κ1) is 11.8. The summed E-state index contributed by atoms with van der Waals surface area (Å²) in [6, 6.07) is 10.5. The van der Waals surface area contributed by atoms with E-state index in [1.807, 2.05) is 25.2 Å². The Labute approximate surface area is 92.0 Å². The zero-order valence-corrected chi connectivity index (χ0v) is 9.49. The number of rotatable bonds is 6. The zero-order chi connectivity index (χ0) is 11.1. The molecule has 1 unspecified atom stereocenters. The van der Waals surface area contributed by atoms with Crippen molar-refractivity contribution in [3.63, 3.8) is 0 Å². The van der Waals surface area contributed by atoms with Gasteiger partial charge in [-0.2, -0.15) is 0 Å². The minimum Gasteiger partial charge on any atom is -0.494 e. The van der Waals surface area contributed by atoms with E-state index in [9.17, 15) is 0 Å². The van der Waals surface area contributed by atoms with Crippen LogP contribution in [0.25, 0.3) is 0 Å². The monoisotopic (exact) mass is 205 g/mol. The SMILES string of the molecule is C=C(CC(C)NC)OCc1ccccc1. The first-order chi connectivity index (χ1) is 7.22. The molecule has 0 aromatic heterocycles. The van der Waals surface area contributed by atoms with Crippen molar-refractivity contribution in [1.29, 1.82) is 0 Å². The summed E-state index contributed by atoms with van der Waals surface area (Å²) in [7, 11) is 1.94. The van der Waals surface area contributed by atoms with Gasteiger partial charge < -0.3 is 10.1 Å². The van der Waals surface area contributed by atoms with Gasteiger partial charge in [-0.05, 0) is 19.5 Å². The van der Waals surface area contributed by atoms with Crippen LogP contribution in [0.15, 0.2) is 42.7 Å². The van der Waals surface area contributed by atoms with Crippen molar-refractivity contribution < 1.29 is 4.74 Å². The molecule has 0 spiro atoms. The van der Waals surface area contributed by atoms with Gasteiger partial charge in [-0.15, -0.1) is 0 Å². The molecule has 0 saturated heterocycles. The van der Waals surface area contributed by atoms with E-state index in [4.69, 9.17) is 4.74 Å². The van der Waals surface area contributed by atoms with Crippen LogP contribution >= 0.6 is 0 Å². The topological polar surface area (TPSA) is 21.3 Å². The Morgan fingerprint density at radius 2 is 2.07 bits per heavy atom. The molecule has 1 rings (SSSR count). The van der Waals surface area contributed by atoms with Gasteiger partial charge in [0.2, 0.25) is 0 Å². The average molecular weight is 205 g/mol. The fourth-order valence-electron chi connectivity index (χ4n) is 1.26. The quantitative estimate of drug-likeness (QED) is 0.721. The summed E-state index contributed by atoms with van der Waals surface area (Å²) in [5, 5.41) is 3.15. The van der Waals surface area contributed by atoms with Crippen LogP contribution in [-0.2, 0) is 11.3 Å². The summed E-state index contributed by atoms with van der Waals surface area (Å²) in [5.41, 5.74) is 1.18. The second kappa shape index (κ2) is 6.25. The van der Waals surface area contributed by atoms with Crippen molar-refractivity contribution in [2.45, 2.75) is 26.0 Å². The van der Waals surface area contributed by atoms with Crippen molar-refractivity contribution >= 4 is 0 Å². The molecule has 0 saturated carbocycles. The molecule has 1 aromatic carbocycles. The Kier molecular flexibility index (Phi) is 4.91. The highest BCUT2D eigenvalue weighted by Crippen LogP contribution is 2.08. The number of nitrogens with one attached hydrogen (secondary N) is 1. The van der Waals surface area contributed by atoms with Gasteiger partial charge in [0, 0.05) is 12.5 Å². The molecule has 1 atom stereocenters. The molecule has 0 aliphatic heterocycles. The molecule has 1 N–H and O–H groups in total. The molecule has 15 heavy (non-hydrogen) atoms. The second-order valence-electron chi connectivity index (χ2n) is 3.71. The first-order valence-corrected chi connectivity index (χ1v) is 5.24. The van der Waals surface area contributed by atoms with E-state index < -0.39 is 0 Å². The maximum absolute atomic E-state index is 5.57. The molecular weight excluding hydrogens is 186 g/mol. The standard InChI is InChI=1S/C13H19NO/c1-11(14-3)9-12(2)15-10-13-7-5-4-6-8-13/h4-8,11,14H,2,9-10H2,1,3H3. The van der Waals surface area contributed by atoms with Crippen LogP contribution in [0.4, 0.5) is 0 Å². The molecule has 82 valence electrons. The average Bonchev–Trinajstić information content (AvgIpc) is 2.27. The van der Waals surface area contributed by atoms with E-state index >= 15 is 0 Å². The van der Waals surface area contributed by atoms with Gasteiger partial charge in [0.05, 0.1) is 5.76 Å². The first-order valence-electron chi connectivity index (χ1n) is 5.24. The lowest BCUT2D eigenvalue weighted by Gasteiger charge is -2.13. The highest BCUT2D eigenvalue weighted by atomic mass is 16.5. The molecule has 0 fully saturated rings. The Hall–Kier alpha value is -1.28. The molecule has 0 amide bonds. The third kappa shape index (κ3) is 4.66. The summed E-state index contributed by atoms with van der Waals surface area (Å²) in [5.74, 6) is 0.834. The third-order valence-electron chi connectivity index (χ3n) is 2.31. The van der Waals surface area contributed by atoms with Crippen LogP contribution in [0.1, 0.15) is 18.9 Å². The Morgan fingerprint density at radius 1 is 1.40 bits per heavy atom. The predicted octanol–water partition coefficient (Wildman–Crippen LogP) is 2.71. The Balaban J connectivity index is 2.29.